The third kappa shape index (κ3) is 3.35. The van der Waals surface area contributed by atoms with Crippen molar-refractivity contribution >= 4 is 6.09 Å². The van der Waals surface area contributed by atoms with E-state index in [0.29, 0.717) is 12.5 Å². The second-order valence-corrected chi connectivity index (χ2v) is 6.35. The molecule has 0 spiro atoms. The van der Waals surface area contributed by atoms with E-state index in [4.69, 9.17) is 10.5 Å². The summed E-state index contributed by atoms with van der Waals surface area (Å²) in [6.07, 6.45) is 1.78. The molecule has 0 aromatic heterocycles. The SMILES string of the molecule is CC(C)(C)OC(=O)N1CC[C@H](CCN)C1(C)C. The van der Waals surface area contributed by atoms with E-state index in [1.165, 1.54) is 0 Å². The van der Waals surface area contributed by atoms with Gasteiger partial charge in [-0.2, -0.15) is 0 Å². The maximum atomic E-state index is 12.1. The van der Waals surface area contributed by atoms with Crippen molar-refractivity contribution < 1.29 is 9.53 Å². The van der Waals surface area contributed by atoms with Gasteiger partial charge in [0.15, 0.2) is 0 Å². The van der Waals surface area contributed by atoms with Crippen LogP contribution in [0, 0.1) is 5.92 Å². The molecule has 1 amide bonds. The molecule has 0 unspecified atom stereocenters. The fraction of sp³-hybridized carbons (Fsp3) is 0.923. The normalized spacial score (nSPS) is 23.9. The Balaban J connectivity index is 2.70. The second-order valence-electron chi connectivity index (χ2n) is 6.35. The molecule has 17 heavy (non-hydrogen) atoms. The van der Waals surface area contributed by atoms with Crippen LogP contribution in [0.3, 0.4) is 0 Å². The highest BCUT2D eigenvalue weighted by Gasteiger charge is 2.44. The Hall–Kier alpha value is -0.770. The summed E-state index contributed by atoms with van der Waals surface area (Å²) in [5.74, 6) is 0.472. The molecule has 1 heterocycles. The van der Waals surface area contributed by atoms with Gasteiger partial charge in [0.1, 0.15) is 5.60 Å². The predicted molar refractivity (Wildman–Crippen MR) is 68.8 cm³/mol. The molecule has 1 atom stereocenters. The average Bonchev–Trinajstić information content (AvgIpc) is 2.40. The van der Waals surface area contributed by atoms with Gasteiger partial charge < -0.3 is 15.4 Å². The predicted octanol–water partition coefficient (Wildman–Crippen LogP) is 2.37. The highest BCUT2D eigenvalue weighted by atomic mass is 16.6. The molecule has 1 aliphatic heterocycles. The third-order valence-corrected chi connectivity index (χ3v) is 3.52. The quantitative estimate of drug-likeness (QED) is 0.808. The van der Waals surface area contributed by atoms with Crippen molar-refractivity contribution in [2.45, 2.75) is 58.6 Å². The standard InChI is InChI=1S/C13H26N2O2/c1-12(2,3)17-11(16)15-9-7-10(6-8-14)13(15,4)5/h10H,6-9,14H2,1-5H3/t10-/m0/s1. The van der Waals surface area contributed by atoms with Crippen LogP contribution in [0.4, 0.5) is 4.79 Å². The smallest absolute Gasteiger partial charge is 0.410 e. The molecule has 4 heteroatoms. The number of carbonyl (C=O) groups is 1. The summed E-state index contributed by atoms with van der Waals surface area (Å²) >= 11 is 0. The molecule has 0 radical (unpaired) electrons. The van der Waals surface area contributed by atoms with Crippen LogP contribution in [0.15, 0.2) is 0 Å². The minimum atomic E-state index is -0.431. The molecule has 0 bridgehead atoms. The summed E-state index contributed by atoms with van der Waals surface area (Å²) in [4.78, 5) is 13.9. The molecule has 0 saturated carbocycles. The van der Waals surface area contributed by atoms with E-state index in [9.17, 15) is 4.79 Å². The van der Waals surface area contributed by atoms with Crippen LogP contribution < -0.4 is 5.73 Å². The first kappa shape index (κ1) is 14.3. The first-order valence-corrected chi connectivity index (χ1v) is 6.39. The van der Waals surface area contributed by atoms with Gasteiger partial charge in [0.2, 0.25) is 0 Å². The van der Waals surface area contributed by atoms with E-state index in [1.54, 1.807) is 0 Å². The van der Waals surface area contributed by atoms with Crippen LogP contribution in [0.2, 0.25) is 0 Å². The number of rotatable bonds is 2. The summed E-state index contributed by atoms with van der Waals surface area (Å²) < 4.78 is 5.44. The number of carbonyl (C=O) groups excluding carboxylic acids is 1. The molecular weight excluding hydrogens is 216 g/mol. The van der Waals surface area contributed by atoms with Crippen LogP contribution in [0.25, 0.3) is 0 Å². The molecule has 0 aromatic carbocycles. The van der Waals surface area contributed by atoms with Gasteiger partial charge >= 0.3 is 6.09 Å². The van der Waals surface area contributed by atoms with Crippen LogP contribution >= 0.6 is 0 Å². The maximum Gasteiger partial charge on any atom is 0.410 e. The number of hydrogen-bond acceptors (Lipinski definition) is 3. The number of amides is 1. The van der Waals surface area contributed by atoms with E-state index in [1.807, 2.05) is 25.7 Å². The van der Waals surface area contributed by atoms with E-state index < -0.39 is 5.60 Å². The molecule has 1 fully saturated rings. The molecule has 1 saturated heterocycles. The molecule has 100 valence electrons. The molecular formula is C13H26N2O2. The Bertz CT molecular complexity index is 282. The molecule has 4 nitrogen and oxygen atoms in total. The zero-order valence-corrected chi connectivity index (χ0v) is 11.7. The number of nitrogens with zero attached hydrogens (tertiary/aromatic N) is 1. The van der Waals surface area contributed by atoms with Gasteiger partial charge in [-0.1, -0.05) is 0 Å². The fourth-order valence-electron chi connectivity index (χ4n) is 2.49. The number of likely N-dealkylation sites (tertiary alicyclic amines) is 1. The van der Waals surface area contributed by atoms with Gasteiger partial charge in [-0.3, -0.25) is 0 Å². The number of hydrogen-bond donors (Lipinski definition) is 1. The van der Waals surface area contributed by atoms with Gasteiger partial charge in [-0.05, 0) is 59.9 Å². The van der Waals surface area contributed by atoms with E-state index in [-0.39, 0.29) is 11.6 Å². The van der Waals surface area contributed by atoms with Crippen molar-refractivity contribution in [1.82, 2.24) is 4.90 Å². The summed E-state index contributed by atoms with van der Waals surface area (Å²) in [6.45, 7) is 11.3. The van der Waals surface area contributed by atoms with Crippen molar-refractivity contribution in [3.63, 3.8) is 0 Å². The zero-order chi connectivity index (χ0) is 13.3. The molecule has 2 N–H and O–H groups in total. The zero-order valence-electron chi connectivity index (χ0n) is 11.7. The maximum absolute atomic E-state index is 12.1. The number of ether oxygens (including phenoxy) is 1. The lowest BCUT2D eigenvalue weighted by molar-refractivity contribution is 0.00871. The highest BCUT2D eigenvalue weighted by molar-refractivity contribution is 5.69. The highest BCUT2D eigenvalue weighted by Crippen LogP contribution is 2.37. The third-order valence-electron chi connectivity index (χ3n) is 3.52. The van der Waals surface area contributed by atoms with Gasteiger partial charge in [0, 0.05) is 12.1 Å². The summed E-state index contributed by atoms with van der Waals surface area (Å²) in [6, 6.07) is 0. The van der Waals surface area contributed by atoms with Gasteiger partial charge in [-0.25, -0.2) is 4.79 Å². The lowest BCUT2D eigenvalue weighted by Crippen LogP contribution is -2.48. The summed E-state index contributed by atoms with van der Waals surface area (Å²) in [5.41, 5.74) is 5.04. The van der Waals surface area contributed by atoms with Crippen LogP contribution in [0.5, 0.6) is 0 Å². The Morgan fingerprint density at radius 1 is 1.47 bits per heavy atom. The molecule has 0 aromatic rings. The summed E-state index contributed by atoms with van der Waals surface area (Å²) in [5, 5.41) is 0. The van der Waals surface area contributed by atoms with Gasteiger partial charge in [-0.15, -0.1) is 0 Å². The Morgan fingerprint density at radius 3 is 2.53 bits per heavy atom. The van der Waals surface area contributed by atoms with Gasteiger partial charge in [0.05, 0.1) is 0 Å². The molecule has 1 rings (SSSR count). The largest absolute Gasteiger partial charge is 0.444 e. The van der Waals surface area contributed by atoms with E-state index in [0.717, 1.165) is 19.4 Å². The van der Waals surface area contributed by atoms with Crippen molar-refractivity contribution in [2.24, 2.45) is 11.7 Å². The lowest BCUT2D eigenvalue weighted by Gasteiger charge is -2.36. The van der Waals surface area contributed by atoms with Crippen LogP contribution in [-0.2, 0) is 4.74 Å². The van der Waals surface area contributed by atoms with Crippen molar-refractivity contribution in [3.8, 4) is 0 Å². The fourth-order valence-corrected chi connectivity index (χ4v) is 2.49. The van der Waals surface area contributed by atoms with Crippen molar-refractivity contribution in [1.29, 1.82) is 0 Å². The minimum Gasteiger partial charge on any atom is -0.444 e. The average molecular weight is 242 g/mol. The minimum absolute atomic E-state index is 0.151. The van der Waals surface area contributed by atoms with Crippen LogP contribution in [-0.4, -0.2) is 35.2 Å². The van der Waals surface area contributed by atoms with Crippen molar-refractivity contribution in [2.75, 3.05) is 13.1 Å². The monoisotopic (exact) mass is 242 g/mol. The Labute approximate surface area is 104 Å². The lowest BCUT2D eigenvalue weighted by atomic mass is 9.86. The topological polar surface area (TPSA) is 55.6 Å². The second kappa shape index (κ2) is 4.84. The Morgan fingerprint density at radius 2 is 2.06 bits per heavy atom. The Kier molecular flexibility index (Phi) is 4.07. The van der Waals surface area contributed by atoms with Crippen molar-refractivity contribution in [3.05, 3.63) is 0 Å². The first-order chi connectivity index (χ1) is 7.68. The first-order valence-electron chi connectivity index (χ1n) is 6.39. The van der Waals surface area contributed by atoms with E-state index in [2.05, 4.69) is 13.8 Å². The van der Waals surface area contributed by atoms with Gasteiger partial charge in [0.25, 0.3) is 0 Å². The molecule has 0 aliphatic carbocycles. The molecule has 1 aliphatic rings. The van der Waals surface area contributed by atoms with E-state index >= 15 is 0 Å². The van der Waals surface area contributed by atoms with Crippen LogP contribution in [0.1, 0.15) is 47.5 Å². The summed E-state index contributed by atoms with van der Waals surface area (Å²) in [7, 11) is 0. The number of nitrogens with two attached hydrogens (primary N) is 1.